The Balaban J connectivity index is 2.10. The fourth-order valence-corrected chi connectivity index (χ4v) is 2.74. The highest BCUT2D eigenvalue weighted by molar-refractivity contribution is 7.71. The molecule has 0 radical (unpaired) electrons. The minimum Gasteiger partial charge on any atom is -0.337 e. The second kappa shape index (κ2) is 5.21. The molecule has 1 aromatic carbocycles. The Morgan fingerprint density at radius 3 is 2.85 bits per heavy atom. The van der Waals surface area contributed by atoms with Crippen LogP contribution in [0.15, 0.2) is 42.7 Å². The van der Waals surface area contributed by atoms with Crippen LogP contribution in [0.25, 0.3) is 10.9 Å². The second-order valence-electron chi connectivity index (χ2n) is 5.25. The number of fused-ring (bicyclic) bond motifs is 1. The molecule has 0 amide bonds. The highest BCUT2D eigenvalue weighted by Gasteiger charge is 2.10. The van der Waals surface area contributed by atoms with Crippen LogP contribution < -0.4 is 0 Å². The van der Waals surface area contributed by atoms with Crippen LogP contribution in [0.5, 0.6) is 0 Å². The number of benzene rings is 1. The van der Waals surface area contributed by atoms with E-state index in [1.807, 2.05) is 18.5 Å². The predicted octanol–water partition coefficient (Wildman–Crippen LogP) is 4.27. The molecule has 1 N–H and O–H groups in total. The van der Waals surface area contributed by atoms with Gasteiger partial charge >= 0.3 is 0 Å². The van der Waals surface area contributed by atoms with Crippen molar-refractivity contribution in [1.29, 1.82) is 0 Å². The predicted molar refractivity (Wildman–Crippen MR) is 84.6 cm³/mol. The first-order valence-corrected chi connectivity index (χ1v) is 7.18. The third kappa shape index (κ3) is 2.27. The second-order valence-corrected chi connectivity index (χ2v) is 5.64. The highest BCUT2D eigenvalue weighted by atomic mass is 32.1. The molecule has 0 aliphatic heterocycles. The summed E-state index contributed by atoms with van der Waals surface area (Å²) in [5.41, 5.74) is 3.47. The van der Waals surface area contributed by atoms with Gasteiger partial charge in [-0.05, 0) is 29.8 Å². The maximum atomic E-state index is 5.40. The molecule has 20 heavy (non-hydrogen) atoms. The number of aromatic amines is 1. The van der Waals surface area contributed by atoms with Crippen molar-refractivity contribution < 1.29 is 0 Å². The van der Waals surface area contributed by atoms with Gasteiger partial charge in [-0.15, -0.1) is 0 Å². The third-order valence-electron chi connectivity index (χ3n) is 3.54. The van der Waals surface area contributed by atoms with E-state index in [0.717, 1.165) is 22.2 Å². The van der Waals surface area contributed by atoms with Crippen molar-refractivity contribution >= 4 is 23.1 Å². The summed E-state index contributed by atoms with van der Waals surface area (Å²) in [4.78, 5) is 7.65. The smallest absolute Gasteiger partial charge is 0.177 e. The summed E-state index contributed by atoms with van der Waals surface area (Å²) in [6.07, 6.45) is 3.84. The van der Waals surface area contributed by atoms with Crippen LogP contribution in [-0.4, -0.2) is 14.5 Å². The van der Waals surface area contributed by atoms with E-state index in [-0.39, 0.29) is 0 Å². The fraction of sp³-hybridized carbons (Fsp3) is 0.250. The van der Waals surface area contributed by atoms with Crippen LogP contribution in [0.2, 0.25) is 0 Å². The number of nitrogens with one attached hydrogen (secondary N) is 1. The first-order chi connectivity index (χ1) is 9.66. The van der Waals surface area contributed by atoms with Crippen molar-refractivity contribution in [3.05, 3.63) is 58.8 Å². The zero-order chi connectivity index (χ0) is 14.1. The summed E-state index contributed by atoms with van der Waals surface area (Å²) < 4.78 is 2.92. The van der Waals surface area contributed by atoms with Crippen LogP contribution >= 0.6 is 12.2 Å². The number of aromatic nitrogens is 3. The van der Waals surface area contributed by atoms with Gasteiger partial charge in [0, 0.05) is 23.5 Å². The number of hydrogen-bond donors (Lipinski definition) is 1. The first kappa shape index (κ1) is 13.1. The Kier molecular flexibility index (Phi) is 3.40. The number of para-hydroxylation sites is 1. The van der Waals surface area contributed by atoms with E-state index < -0.39 is 0 Å². The minimum atomic E-state index is 0.436. The minimum absolute atomic E-state index is 0.436. The van der Waals surface area contributed by atoms with Crippen molar-refractivity contribution in [3.63, 3.8) is 0 Å². The number of rotatable bonds is 3. The summed E-state index contributed by atoms with van der Waals surface area (Å²) in [7, 11) is 0. The van der Waals surface area contributed by atoms with Crippen molar-refractivity contribution in [1.82, 2.24) is 14.5 Å². The quantitative estimate of drug-likeness (QED) is 0.728. The molecule has 0 fully saturated rings. The number of pyridine rings is 1. The molecule has 102 valence electrons. The van der Waals surface area contributed by atoms with Gasteiger partial charge in [0.05, 0.1) is 12.1 Å². The summed E-state index contributed by atoms with van der Waals surface area (Å²) in [6, 6.07) is 10.3. The van der Waals surface area contributed by atoms with Gasteiger partial charge in [0.25, 0.3) is 0 Å². The lowest BCUT2D eigenvalue weighted by Crippen LogP contribution is -2.06. The molecule has 0 spiro atoms. The summed E-state index contributed by atoms with van der Waals surface area (Å²) in [5.74, 6) is 0.436. The molecule has 0 atom stereocenters. The lowest BCUT2D eigenvalue weighted by Gasteiger charge is -2.12. The van der Waals surface area contributed by atoms with E-state index in [2.05, 4.69) is 52.6 Å². The van der Waals surface area contributed by atoms with Gasteiger partial charge in [-0.2, -0.15) is 0 Å². The maximum absolute atomic E-state index is 5.40. The average Bonchev–Trinajstić information content (AvgIpc) is 2.81. The summed E-state index contributed by atoms with van der Waals surface area (Å²) in [5, 5.41) is 1.16. The van der Waals surface area contributed by atoms with Crippen molar-refractivity contribution in [2.45, 2.75) is 26.3 Å². The van der Waals surface area contributed by atoms with Crippen molar-refractivity contribution in [2.24, 2.45) is 0 Å². The normalized spacial score (nSPS) is 11.3. The third-order valence-corrected chi connectivity index (χ3v) is 3.87. The maximum Gasteiger partial charge on any atom is 0.177 e. The first-order valence-electron chi connectivity index (χ1n) is 6.77. The molecule has 0 bridgehead atoms. The van der Waals surface area contributed by atoms with Crippen LogP contribution in [0.1, 0.15) is 31.0 Å². The molecule has 3 rings (SSSR count). The van der Waals surface area contributed by atoms with E-state index in [0.29, 0.717) is 5.92 Å². The van der Waals surface area contributed by atoms with Crippen LogP contribution in [0.4, 0.5) is 0 Å². The molecule has 0 saturated heterocycles. The molecular formula is C16H17N3S. The fourth-order valence-electron chi connectivity index (χ4n) is 2.52. The van der Waals surface area contributed by atoms with Gasteiger partial charge in [-0.1, -0.05) is 38.1 Å². The molecule has 0 aliphatic carbocycles. The van der Waals surface area contributed by atoms with Gasteiger partial charge in [0.15, 0.2) is 4.77 Å². The van der Waals surface area contributed by atoms with Gasteiger partial charge < -0.3 is 9.55 Å². The Labute approximate surface area is 123 Å². The van der Waals surface area contributed by atoms with E-state index in [9.17, 15) is 0 Å². The number of nitrogens with zero attached hydrogens (tertiary/aromatic N) is 2. The SMILES string of the molecule is CC(C)c1c[nH]c(=S)n1Cc1cccc2cccnc12. The molecular weight excluding hydrogens is 266 g/mol. The van der Waals surface area contributed by atoms with Crippen molar-refractivity contribution in [2.75, 3.05) is 0 Å². The lowest BCUT2D eigenvalue weighted by molar-refractivity contribution is 0.686. The summed E-state index contributed by atoms with van der Waals surface area (Å²) >= 11 is 5.40. The molecule has 0 unspecified atom stereocenters. The Morgan fingerprint density at radius 1 is 1.25 bits per heavy atom. The molecule has 2 heterocycles. The number of imidazole rings is 1. The van der Waals surface area contributed by atoms with Crippen molar-refractivity contribution in [3.8, 4) is 0 Å². The topological polar surface area (TPSA) is 33.6 Å². The van der Waals surface area contributed by atoms with Gasteiger partial charge in [-0.25, -0.2) is 0 Å². The van der Waals surface area contributed by atoms with Gasteiger partial charge in [-0.3, -0.25) is 4.98 Å². The molecule has 2 aromatic heterocycles. The number of H-pyrrole nitrogens is 1. The zero-order valence-corrected chi connectivity index (χ0v) is 12.4. The Bertz CT molecular complexity index is 793. The molecule has 3 nitrogen and oxygen atoms in total. The molecule has 0 saturated carbocycles. The Hall–Kier alpha value is -1.94. The molecule has 0 aliphatic rings. The van der Waals surface area contributed by atoms with Crippen LogP contribution in [0, 0.1) is 4.77 Å². The zero-order valence-electron chi connectivity index (χ0n) is 11.6. The number of hydrogen-bond acceptors (Lipinski definition) is 2. The van der Waals surface area contributed by atoms with E-state index in [1.165, 1.54) is 11.3 Å². The lowest BCUT2D eigenvalue weighted by atomic mass is 10.1. The summed E-state index contributed by atoms with van der Waals surface area (Å²) in [6.45, 7) is 5.11. The van der Waals surface area contributed by atoms with Crippen LogP contribution in [-0.2, 0) is 6.54 Å². The monoisotopic (exact) mass is 283 g/mol. The van der Waals surface area contributed by atoms with E-state index >= 15 is 0 Å². The molecule has 3 aromatic rings. The van der Waals surface area contributed by atoms with E-state index in [4.69, 9.17) is 12.2 Å². The molecule has 4 heteroatoms. The highest BCUT2D eigenvalue weighted by Crippen LogP contribution is 2.20. The van der Waals surface area contributed by atoms with E-state index in [1.54, 1.807) is 0 Å². The van der Waals surface area contributed by atoms with Crippen LogP contribution in [0.3, 0.4) is 0 Å². The largest absolute Gasteiger partial charge is 0.337 e. The van der Waals surface area contributed by atoms with Gasteiger partial charge in [0.1, 0.15) is 0 Å². The standard InChI is InChI=1S/C16H17N3S/c1-11(2)14-9-18-16(20)19(14)10-13-6-3-5-12-7-4-8-17-15(12)13/h3-9,11H,10H2,1-2H3,(H,18,20). The average molecular weight is 283 g/mol. The Morgan fingerprint density at radius 2 is 2.05 bits per heavy atom. The van der Waals surface area contributed by atoms with Gasteiger partial charge in [0.2, 0.25) is 0 Å².